The molecule has 1 heterocycles. The molecular weight excluding hydrogens is 337 g/mol. The van der Waals surface area contributed by atoms with Gasteiger partial charge in [0, 0.05) is 11.8 Å². The molecule has 1 aromatic carbocycles. The quantitative estimate of drug-likeness (QED) is 0.729. The zero-order valence-corrected chi connectivity index (χ0v) is 14.2. The molecular formula is C16H18FNO3S2. The molecule has 2 rings (SSSR count). The minimum Gasteiger partial charge on any atom is -0.327 e. The lowest BCUT2D eigenvalue weighted by atomic mass is 10.2. The fraction of sp³-hybridized carbons (Fsp3) is 0.438. The van der Waals surface area contributed by atoms with Gasteiger partial charge in [0.25, 0.3) is 0 Å². The van der Waals surface area contributed by atoms with Crippen LogP contribution in [0.1, 0.15) is 12.0 Å². The van der Waals surface area contributed by atoms with Gasteiger partial charge in [-0.1, -0.05) is 18.1 Å². The average molecular weight is 355 g/mol. The molecule has 1 amide bonds. The molecule has 0 saturated carbocycles. The Kier molecular flexibility index (Phi) is 6.08. The number of rotatable bonds is 6. The Balaban J connectivity index is 1.90. The minimum absolute atomic E-state index is 0.0255. The van der Waals surface area contributed by atoms with Crippen molar-refractivity contribution in [1.29, 1.82) is 0 Å². The molecule has 1 aliphatic heterocycles. The van der Waals surface area contributed by atoms with Gasteiger partial charge in [0.2, 0.25) is 5.91 Å². The summed E-state index contributed by atoms with van der Waals surface area (Å²) in [6.45, 7) is 0.479. The number of carbonyl (C=O) groups excluding carboxylic acids is 1. The van der Waals surface area contributed by atoms with Crippen LogP contribution in [0.25, 0.3) is 0 Å². The molecule has 0 aromatic heterocycles. The second kappa shape index (κ2) is 7.84. The van der Waals surface area contributed by atoms with Crippen LogP contribution >= 0.6 is 11.8 Å². The van der Waals surface area contributed by atoms with Gasteiger partial charge in [-0.05, 0) is 24.1 Å². The van der Waals surface area contributed by atoms with Crippen LogP contribution in [0.2, 0.25) is 0 Å². The van der Waals surface area contributed by atoms with Crippen molar-refractivity contribution in [2.24, 2.45) is 0 Å². The molecule has 0 bridgehead atoms. The Hall–Kier alpha value is -1.52. The van der Waals surface area contributed by atoms with Gasteiger partial charge in [-0.3, -0.25) is 4.79 Å². The maximum absolute atomic E-state index is 12.9. The van der Waals surface area contributed by atoms with E-state index in [0.29, 0.717) is 13.0 Å². The Bertz CT molecular complexity index is 695. The van der Waals surface area contributed by atoms with Crippen molar-refractivity contribution in [3.05, 3.63) is 35.6 Å². The van der Waals surface area contributed by atoms with E-state index >= 15 is 0 Å². The van der Waals surface area contributed by atoms with E-state index in [1.54, 1.807) is 12.1 Å². The van der Waals surface area contributed by atoms with Gasteiger partial charge in [0.1, 0.15) is 5.82 Å². The number of nitrogens with zero attached hydrogens (tertiary/aromatic N) is 1. The molecule has 124 valence electrons. The summed E-state index contributed by atoms with van der Waals surface area (Å²) < 4.78 is 35.8. The number of hydrogen-bond acceptors (Lipinski definition) is 4. The first kappa shape index (κ1) is 17.8. The van der Waals surface area contributed by atoms with Crippen LogP contribution in [-0.4, -0.2) is 48.3 Å². The Morgan fingerprint density at radius 1 is 1.39 bits per heavy atom. The van der Waals surface area contributed by atoms with Crippen molar-refractivity contribution < 1.29 is 17.6 Å². The van der Waals surface area contributed by atoms with Crippen molar-refractivity contribution in [1.82, 2.24) is 4.90 Å². The molecule has 1 aromatic rings. The number of terminal acetylenes is 1. The van der Waals surface area contributed by atoms with Crippen LogP contribution in [0.15, 0.2) is 24.3 Å². The monoisotopic (exact) mass is 355 g/mol. The first-order valence-corrected chi connectivity index (χ1v) is 10.0. The number of hydrogen-bond donors (Lipinski definition) is 0. The lowest BCUT2D eigenvalue weighted by Crippen LogP contribution is -2.33. The average Bonchev–Trinajstić information content (AvgIpc) is 2.86. The summed E-state index contributed by atoms with van der Waals surface area (Å²) in [7, 11) is -2.94. The fourth-order valence-corrected chi connectivity index (χ4v) is 5.87. The van der Waals surface area contributed by atoms with E-state index in [9.17, 15) is 17.6 Å². The summed E-state index contributed by atoms with van der Waals surface area (Å²) in [5.74, 6) is 2.51. The van der Waals surface area contributed by atoms with Crippen LogP contribution in [0.4, 0.5) is 4.39 Å². The molecule has 1 aliphatic rings. The van der Waals surface area contributed by atoms with E-state index in [1.807, 2.05) is 0 Å². The molecule has 1 atom stereocenters. The normalized spacial score (nSPS) is 19.2. The lowest BCUT2D eigenvalue weighted by molar-refractivity contribution is -0.128. The summed E-state index contributed by atoms with van der Waals surface area (Å²) in [6.07, 6.45) is 5.90. The first-order chi connectivity index (χ1) is 10.9. The van der Waals surface area contributed by atoms with E-state index in [0.717, 1.165) is 5.56 Å². The predicted octanol–water partition coefficient (Wildman–Crippen LogP) is 1.71. The van der Waals surface area contributed by atoms with E-state index in [4.69, 9.17) is 6.42 Å². The standard InChI is InChI=1S/C16H18FNO3S2/c1-2-8-18(10-13-3-5-14(17)6-4-13)16(19)11-22-15-7-9-23(20,21)12-15/h1,3-6,15H,7-12H2. The summed E-state index contributed by atoms with van der Waals surface area (Å²) in [4.78, 5) is 13.8. The number of sulfone groups is 1. The smallest absolute Gasteiger partial charge is 0.233 e. The van der Waals surface area contributed by atoms with Crippen molar-refractivity contribution >= 4 is 27.5 Å². The maximum Gasteiger partial charge on any atom is 0.233 e. The second-order valence-electron chi connectivity index (χ2n) is 5.42. The molecule has 23 heavy (non-hydrogen) atoms. The van der Waals surface area contributed by atoms with Gasteiger partial charge in [-0.25, -0.2) is 12.8 Å². The van der Waals surface area contributed by atoms with Crippen molar-refractivity contribution in [2.75, 3.05) is 23.8 Å². The molecule has 0 aliphatic carbocycles. The van der Waals surface area contributed by atoms with E-state index in [1.165, 1.54) is 28.8 Å². The molecule has 7 heteroatoms. The van der Waals surface area contributed by atoms with E-state index in [-0.39, 0.29) is 40.8 Å². The maximum atomic E-state index is 12.9. The molecule has 1 unspecified atom stereocenters. The van der Waals surface area contributed by atoms with Crippen LogP contribution in [0.5, 0.6) is 0 Å². The minimum atomic E-state index is -2.94. The van der Waals surface area contributed by atoms with E-state index < -0.39 is 9.84 Å². The van der Waals surface area contributed by atoms with Crippen molar-refractivity contribution in [3.8, 4) is 12.3 Å². The fourth-order valence-electron chi connectivity index (χ4n) is 2.33. The topological polar surface area (TPSA) is 54.5 Å². The van der Waals surface area contributed by atoms with E-state index in [2.05, 4.69) is 5.92 Å². The predicted molar refractivity (Wildman–Crippen MR) is 90.2 cm³/mol. The largest absolute Gasteiger partial charge is 0.327 e. The van der Waals surface area contributed by atoms with Gasteiger partial charge < -0.3 is 4.90 Å². The molecule has 1 saturated heterocycles. The van der Waals surface area contributed by atoms with Gasteiger partial charge in [-0.15, -0.1) is 18.2 Å². The lowest BCUT2D eigenvalue weighted by Gasteiger charge is -2.21. The number of amides is 1. The molecule has 4 nitrogen and oxygen atoms in total. The molecule has 0 N–H and O–H groups in total. The van der Waals surface area contributed by atoms with Gasteiger partial charge >= 0.3 is 0 Å². The summed E-state index contributed by atoms with van der Waals surface area (Å²) in [6, 6.07) is 5.91. The number of carbonyl (C=O) groups is 1. The SMILES string of the molecule is C#CCN(Cc1ccc(F)cc1)C(=O)CSC1CCS(=O)(=O)C1. The molecule has 0 spiro atoms. The third-order valence-corrected chi connectivity index (χ3v) is 6.82. The molecule has 0 radical (unpaired) electrons. The summed E-state index contributed by atoms with van der Waals surface area (Å²) in [5.41, 5.74) is 0.795. The third kappa shape index (κ3) is 5.56. The van der Waals surface area contributed by atoms with Crippen molar-refractivity contribution in [3.63, 3.8) is 0 Å². The Morgan fingerprint density at radius 2 is 2.09 bits per heavy atom. The zero-order valence-electron chi connectivity index (χ0n) is 12.6. The van der Waals surface area contributed by atoms with Gasteiger partial charge in [0.05, 0.1) is 23.8 Å². The number of halogens is 1. The highest BCUT2D eigenvalue weighted by molar-refractivity contribution is 8.02. The highest BCUT2D eigenvalue weighted by Gasteiger charge is 2.29. The van der Waals surface area contributed by atoms with Gasteiger partial charge in [0.15, 0.2) is 9.84 Å². The summed E-state index contributed by atoms with van der Waals surface area (Å²) in [5, 5.41) is -0.0255. The molecule has 1 fully saturated rings. The van der Waals surface area contributed by atoms with Crippen LogP contribution in [-0.2, 0) is 21.2 Å². The highest BCUT2D eigenvalue weighted by Crippen LogP contribution is 2.24. The zero-order chi connectivity index (χ0) is 16.9. The third-order valence-electron chi connectivity index (χ3n) is 3.55. The second-order valence-corrected chi connectivity index (χ2v) is 8.93. The number of benzene rings is 1. The van der Waals surface area contributed by atoms with Crippen molar-refractivity contribution in [2.45, 2.75) is 18.2 Å². The van der Waals surface area contributed by atoms with Crippen LogP contribution in [0, 0.1) is 18.2 Å². The Labute approximate surface area is 140 Å². The first-order valence-electron chi connectivity index (χ1n) is 7.17. The Morgan fingerprint density at radius 3 is 2.65 bits per heavy atom. The number of thioether (sulfide) groups is 1. The van der Waals surface area contributed by atoms with Crippen LogP contribution in [0.3, 0.4) is 0 Å². The van der Waals surface area contributed by atoms with Gasteiger partial charge in [-0.2, -0.15) is 0 Å². The highest BCUT2D eigenvalue weighted by atomic mass is 32.2. The summed E-state index contributed by atoms with van der Waals surface area (Å²) >= 11 is 1.36. The van der Waals surface area contributed by atoms with Crippen LogP contribution < -0.4 is 0 Å².